The molecule has 3 unspecified atom stereocenters. The van der Waals surface area contributed by atoms with Crippen LogP contribution in [-0.4, -0.2) is 63.5 Å². The number of carbonyl (C=O) groups is 2. The number of carbonyl (C=O) groups excluding carboxylic acids is 1. The first-order valence-electron chi connectivity index (χ1n) is 11.8. The highest BCUT2D eigenvalue weighted by molar-refractivity contribution is 8.26. The van der Waals surface area contributed by atoms with Gasteiger partial charge in [-0.25, -0.2) is 8.78 Å². The molecule has 2 saturated carbocycles. The SMILES string of the molecule is COc1c2n(cc(C(=N)SC(=N)Cc3ccc(F)cc3F)c1=O)N(C)C1(CCC3CC31C(=O)O)N(C)C2=O. The molecule has 0 bridgehead atoms. The largest absolute Gasteiger partial charge is 0.491 e. The Labute approximate surface area is 220 Å². The molecule has 1 amide bonds. The third-order valence-corrected chi connectivity index (χ3v) is 8.96. The van der Waals surface area contributed by atoms with Crippen LogP contribution in [0.1, 0.15) is 40.9 Å². The number of amides is 1. The van der Waals surface area contributed by atoms with Gasteiger partial charge in [-0.15, -0.1) is 0 Å². The first-order chi connectivity index (χ1) is 17.9. The fourth-order valence-corrected chi connectivity index (χ4v) is 6.98. The van der Waals surface area contributed by atoms with Gasteiger partial charge in [0.2, 0.25) is 5.43 Å². The number of benzene rings is 1. The third-order valence-electron chi connectivity index (χ3n) is 8.15. The van der Waals surface area contributed by atoms with Gasteiger partial charge in [-0.05, 0) is 36.8 Å². The van der Waals surface area contributed by atoms with E-state index in [0.717, 1.165) is 6.07 Å². The van der Waals surface area contributed by atoms with E-state index >= 15 is 0 Å². The Kier molecular flexibility index (Phi) is 5.89. The Hall–Kier alpha value is -3.74. The van der Waals surface area contributed by atoms with Crippen LogP contribution >= 0.6 is 11.8 Å². The zero-order valence-electron chi connectivity index (χ0n) is 20.8. The zero-order valence-corrected chi connectivity index (χ0v) is 21.6. The molecule has 1 spiro atoms. The standard InChI is InChI=1S/C25H25F2N5O5S/c1-30-22(34)18-20(37-3)19(33)15(21(29)38-17(28)8-12-4-5-14(26)9-16(12)27)11-32(18)31(2)25(30)7-6-13-10-24(13,25)23(35)36/h4-5,9,11,13,28-29H,6-8,10H2,1-3H3,(H,35,36). The van der Waals surface area contributed by atoms with Crippen molar-refractivity contribution in [3.05, 3.63) is 63.1 Å². The molecule has 200 valence electrons. The summed E-state index contributed by atoms with van der Waals surface area (Å²) >= 11 is 0.613. The van der Waals surface area contributed by atoms with Crippen molar-refractivity contribution >= 4 is 33.7 Å². The van der Waals surface area contributed by atoms with Gasteiger partial charge in [-0.1, -0.05) is 17.8 Å². The van der Waals surface area contributed by atoms with Gasteiger partial charge in [-0.3, -0.25) is 34.9 Å². The number of nitrogens with one attached hydrogen (secondary N) is 2. The van der Waals surface area contributed by atoms with E-state index in [0.29, 0.717) is 37.1 Å². The number of thioether (sulfide) groups is 1. The molecular weight excluding hydrogens is 520 g/mol. The number of fused-ring (bicyclic) bond motifs is 3. The van der Waals surface area contributed by atoms with Crippen molar-refractivity contribution in [2.75, 3.05) is 26.2 Å². The topological polar surface area (TPSA) is 140 Å². The summed E-state index contributed by atoms with van der Waals surface area (Å²) in [6.07, 6.45) is 2.52. The van der Waals surface area contributed by atoms with Crippen LogP contribution < -0.4 is 15.2 Å². The lowest BCUT2D eigenvalue weighted by atomic mass is 9.86. The lowest BCUT2D eigenvalue weighted by molar-refractivity contribution is -0.150. The maximum absolute atomic E-state index is 14.0. The molecule has 1 aliphatic heterocycles. The predicted octanol–water partition coefficient (Wildman–Crippen LogP) is 2.65. The zero-order chi connectivity index (χ0) is 27.7. The fourth-order valence-electron chi connectivity index (χ4n) is 6.25. The molecule has 0 radical (unpaired) electrons. The van der Waals surface area contributed by atoms with Crippen molar-refractivity contribution in [2.45, 2.75) is 31.3 Å². The van der Waals surface area contributed by atoms with E-state index in [1.165, 1.54) is 36.0 Å². The fraction of sp³-hybridized carbons (Fsp3) is 0.400. The molecule has 2 heterocycles. The van der Waals surface area contributed by atoms with Gasteiger partial charge < -0.3 is 14.7 Å². The van der Waals surface area contributed by atoms with E-state index in [9.17, 15) is 28.3 Å². The summed E-state index contributed by atoms with van der Waals surface area (Å²) < 4.78 is 34.0. The monoisotopic (exact) mass is 545 g/mol. The Morgan fingerprint density at radius 1 is 1.26 bits per heavy atom. The Bertz CT molecular complexity index is 1500. The summed E-state index contributed by atoms with van der Waals surface area (Å²) in [5, 5.41) is 28.1. The lowest BCUT2D eigenvalue weighted by Gasteiger charge is -2.54. The molecule has 2 fully saturated rings. The highest BCUT2D eigenvalue weighted by Gasteiger charge is 2.80. The van der Waals surface area contributed by atoms with E-state index in [1.807, 2.05) is 0 Å². The van der Waals surface area contributed by atoms with E-state index in [2.05, 4.69) is 0 Å². The minimum absolute atomic E-state index is 0.0611. The van der Waals surface area contributed by atoms with Crippen LogP contribution in [0.2, 0.25) is 0 Å². The molecule has 3 N–H and O–H groups in total. The molecule has 1 aromatic heterocycles. The van der Waals surface area contributed by atoms with Crippen molar-refractivity contribution in [3.8, 4) is 5.75 Å². The summed E-state index contributed by atoms with van der Waals surface area (Å²) in [7, 11) is 4.39. The van der Waals surface area contributed by atoms with Gasteiger partial charge in [-0.2, -0.15) is 0 Å². The Morgan fingerprint density at radius 2 is 1.97 bits per heavy atom. The van der Waals surface area contributed by atoms with E-state index in [1.54, 1.807) is 12.1 Å². The molecule has 2 aliphatic carbocycles. The second kappa shape index (κ2) is 8.65. The van der Waals surface area contributed by atoms with Crippen LogP contribution in [0.5, 0.6) is 5.75 Å². The van der Waals surface area contributed by atoms with Gasteiger partial charge in [0.15, 0.2) is 11.4 Å². The number of aliphatic carboxylic acids is 1. The molecule has 13 heteroatoms. The third kappa shape index (κ3) is 3.33. The quantitative estimate of drug-likeness (QED) is 0.388. The van der Waals surface area contributed by atoms with Crippen molar-refractivity contribution in [1.29, 1.82) is 10.8 Å². The number of aromatic nitrogens is 1. The summed E-state index contributed by atoms with van der Waals surface area (Å²) in [4.78, 5) is 40.8. The molecule has 3 aliphatic rings. The number of nitrogens with zero attached hydrogens (tertiary/aromatic N) is 3. The number of halogens is 2. The molecule has 10 nitrogen and oxygen atoms in total. The average Bonchev–Trinajstić information content (AvgIpc) is 3.52. The number of pyridine rings is 1. The van der Waals surface area contributed by atoms with Gasteiger partial charge in [0, 0.05) is 32.8 Å². The highest BCUT2D eigenvalue weighted by Crippen LogP contribution is 2.71. The lowest BCUT2D eigenvalue weighted by Crippen LogP contribution is -2.72. The first kappa shape index (κ1) is 25.9. The maximum atomic E-state index is 14.0. The van der Waals surface area contributed by atoms with E-state index < -0.39 is 40.0 Å². The van der Waals surface area contributed by atoms with Crippen LogP contribution in [0.4, 0.5) is 8.78 Å². The summed E-state index contributed by atoms with van der Waals surface area (Å²) in [5.74, 6) is -3.53. The van der Waals surface area contributed by atoms with Crippen molar-refractivity contribution < 1.29 is 28.2 Å². The number of carboxylic acid groups (broad SMARTS) is 1. The molecule has 3 atom stereocenters. The number of ether oxygens (including phenoxy) is 1. The Morgan fingerprint density at radius 3 is 2.58 bits per heavy atom. The highest BCUT2D eigenvalue weighted by atomic mass is 32.2. The van der Waals surface area contributed by atoms with Crippen molar-refractivity contribution in [1.82, 2.24) is 9.58 Å². The number of rotatable bonds is 5. The molecule has 5 rings (SSSR count). The van der Waals surface area contributed by atoms with Crippen LogP contribution in [0.25, 0.3) is 0 Å². The number of carboxylic acids is 1. The minimum Gasteiger partial charge on any atom is -0.491 e. The van der Waals surface area contributed by atoms with Crippen LogP contribution in [-0.2, 0) is 11.2 Å². The van der Waals surface area contributed by atoms with Gasteiger partial charge >= 0.3 is 5.97 Å². The maximum Gasteiger partial charge on any atom is 0.314 e. The van der Waals surface area contributed by atoms with Gasteiger partial charge in [0.05, 0.1) is 17.7 Å². The van der Waals surface area contributed by atoms with Crippen LogP contribution in [0.3, 0.4) is 0 Å². The number of hydrogen-bond donors (Lipinski definition) is 3. The molecule has 1 aromatic carbocycles. The summed E-state index contributed by atoms with van der Waals surface area (Å²) in [6.45, 7) is 0. The normalized spacial score (nSPS) is 25.3. The van der Waals surface area contributed by atoms with Crippen molar-refractivity contribution in [2.24, 2.45) is 11.3 Å². The van der Waals surface area contributed by atoms with Gasteiger partial charge in [0.1, 0.15) is 27.8 Å². The molecular formula is C25H25F2N5O5S. The second-order valence-electron chi connectivity index (χ2n) is 9.79. The molecule has 0 saturated heterocycles. The average molecular weight is 546 g/mol. The predicted molar refractivity (Wildman–Crippen MR) is 136 cm³/mol. The molecule has 38 heavy (non-hydrogen) atoms. The molecule has 2 aromatic rings. The minimum atomic E-state index is -1.19. The van der Waals surface area contributed by atoms with Crippen LogP contribution in [0.15, 0.2) is 29.2 Å². The van der Waals surface area contributed by atoms with Gasteiger partial charge in [0.25, 0.3) is 5.91 Å². The Balaban J connectivity index is 1.54. The number of hydrogen-bond acceptors (Lipinski definition) is 8. The first-order valence-corrected chi connectivity index (χ1v) is 12.6. The van der Waals surface area contributed by atoms with Crippen molar-refractivity contribution in [3.63, 3.8) is 0 Å². The second-order valence-corrected chi connectivity index (χ2v) is 10.9. The van der Waals surface area contributed by atoms with E-state index in [-0.39, 0.29) is 45.0 Å². The number of methoxy groups -OCH3 is 1. The van der Waals surface area contributed by atoms with E-state index in [4.69, 9.17) is 15.6 Å². The van der Waals surface area contributed by atoms with Crippen LogP contribution in [0, 0.1) is 33.8 Å². The summed E-state index contributed by atoms with van der Waals surface area (Å²) in [6, 6.07) is 2.98. The summed E-state index contributed by atoms with van der Waals surface area (Å²) in [5.41, 5.74) is -3.30. The smallest absolute Gasteiger partial charge is 0.314 e.